The van der Waals surface area contributed by atoms with Crippen LogP contribution in [0.1, 0.15) is 52.0 Å². The van der Waals surface area contributed by atoms with Crippen LogP contribution in [0.15, 0.2) is 28.7 Å². The fourth-order valence-corrected chi connectivity index (χ4v) is 2.78. The van der Waals surface area contributed by atoms with Gasteiger partial charge in [-0.2, -0.15) is 0 Å². The number of hydrogen-bond donors (Lipinski definition) is 1. The molecule has 1 atom stereocenters. The second-order valence-corrected chi connectivity index (χ2v) is 7.14. The van der Waals surface area contributed by atoms with Crippen LogP contribution in [0, 0.1) is 0 Å². The van der Waals surface area contributed by atoms with Crippen molar-refractivity contribution in [3.63, 3.8) is 0 Å². The molecule has 114 valence electrons. The Balaban J connectivity index is 2.78. The molecule has 20 heavy (non-hydrogen) atoms. The predicted octanol–water partition coefficient (Wildman–Crippen LogP) is 4.74. The van der Waals surface area contributed by atoms with Crippen LogP contribution in [-0.2, 0) is 4.74 Å². The Kier molecular flexibility index (Phi) is 7.21. The lowest BCUT2D eigenvalue weighted by molar-refractivity contribution is 0.0123. The Bertz CT molecular complexity index is 404. The molecule has 3 heteroatoms. The van der Waals surface area contributed by atoms with E-state index in [2.05, 4.69) is 73.2 Å². The number of ether oxygens (including phenoxy) is 1. The molecule has 0 saturated carbocycles. The molecule has 0 radical (unpaired) electrons. The predicted molar refractivity (Wildman–Crippen MR) is 90.3 cm³/mol. The highest BCUT2D eigenvalue weighted by molar-refractivity contribution is 9.10. The van der Waals surface area contributed by atoms with E-state index in [-0.39, 0.29) is 5.60 Å². The maximum atomic E-state index is 5.55. The van der Waals surface area contributed by atoms with E-state index in [0.717, 1.165) is 19.4 Å². The highest BCUT2D eigenvalue weighted by atomic mass is 79.9. The molecule has 0 amide bonds. The first kappa shape index (κ1) is 17.7. The van der Waals surface area contributed by atoms with Gasteiger partial charge >= 0.3 is 0 Å². The molecule has 0 aromatic heterocycles. The fourth-order valence-electron chi connectivity index (χ4n) is 2.18. The second-order valence-electron chi connectivity index (χ2n) is 6.28. The summed E-state index contributed by atoms with van der Waals surface area (Å²) in [5, 5.41) is 3.56. The van der Waals surface area contributed by atoms with Gasteiger partial charge in [0.15, 0.2) is 0 Å². The Hall–Kier alpha value is -0.380. The maximum Gasteiger partial charge on any atom is 0.0623 e. The van der Waals surface area contributed by atoms with E-state index >= 15 is 0 Å². The first-order chi connectivity index (χ1) is 9.35. The van der Waals surface area contributed by atoms with Crippen LogP contribution < -0.4 is 5.32 Å². The van der Waals surface area contributed by atoms with Crippen LogP contribution in [0.2, 0.25) is 0 Å². The van der Waals surface area contributed by atoms with Crippen molar-refractivity contribution in [1.29, 1.82) is 0 Å². The van der Waals surface area contributed by atoms with E-state index in [1.54, 1.807) is 7.11 Å². The van der Waals surface area contributed by atoms with Gasteiger partial charge < -0.3 is 10.1 Å². The van der Waals surface area contributed by atoms with Crippen LogP contribution >= 0.6 is 15.9 Å². The Labute approximate surface area is 132 Å². The zero-order valence-electron chi connectivity index (χ0n) is 13.4. The Morgan fingerprint density at radius 2 is 1.90 bits per heavy atom. The lowest BCUT2D eigenvalue weighted by Gasteiger charge is -2.27. The Morgan fingerprint density at radius 3 is 2.45 bits per heavy atom. The molecule has 1 aromatic carbocycles. The number of nitrogens with one attached hydrogen (secondary N) is 1. The van der Waals surface area contributed by atoms with E-state index in [1.807, 2.05) is 0 Å². The monoisotopic (exact) mass is 341 g/mol. The van der Waals surface area contributed by atoms with Gasteiger partial charge in [0.2, 0.25) is 0 Å². The van der Waals surface area contributed by atoms with Gasteiger partial charge in [0.05, 0.1) is 5.60 Å². The second kappa shape index (κ2) is 8.16. The van der Waals surface area contributed by atoms with Crippen LogP contribution in [0.4, 0.5) is 0 Å². The quantitative estimate of drug-likeness (QED) is 0.737. The molecular weight excluding hydrogens is 314 g/mol. The minimum absolute atomic E-state index is 0.0582. The molecule has 1 rings (SSSR count). The molecular formula is C17H28BrNO. The van der Waals surface area contributed by atoms with Crippen molar-refractivity contribution in [1.82, 2.24) is 5.32 Å². The smallest absolute Gasteiger partial charge is 0.0623 e. The van der Waals surface area contributed by atoms with Crippen molar-refractivity contribution < 1.29 is 4.74 Å². The van der Waals surface area contributed by atoms with Gasteiger partial charge in [-0.15, -0.1) is 0 Å². The zero-order chi connectivity index (χ0) is 15.2. The minimum Gasteiger partial charge on any atom is -0.379 e. The van der Waals surface area contributed by atoms with Gasteiger partial charge in [-0.25, -0.2) is 0 Å². The summed E-state index contributed by atoms with van der Waals surface area (Å²) in [7, 11) is 1.79. The first-order valence-electron chi connectivity index (χ1n) is 7.38. The molecule has 0 spiro atoms. The highest BCUT2D eigenvalue weighted by Crippen LogP contribution is 2.30. The topological polar surface area (TPSA) is 21.3 Å². The molecule has 0 fully saturated rings. The molecule has 0 aliphatic rings. The first-order valence-corrected chi connectivity index (χ1v) is 8.18. The van der Waals surface area contributed by atoms with Crippen molar-refractivity contribution >= 4 is 15.9 Å². The molecule has 1 aromatic rings. The summed E-state index contributed by atoms with van der Waals surface area (Å²) in [6.07, 6.45) is 2.17. The van der Waals surface area contributed by atoms with Crippen molar-refractivity contribution in [2.75, 3.05) is 13.7 Å². The van der Waals surface area contributed by atoms with Crippen LogP contribution in [0.5, 0.6) is 0 Å². The van der Waals surface area contributed by atoms with Gasteiger partial charge in [0.25, 0.3) is 0 Å². The summed E-state index contributed by atoms with van der Waals surface area (Å²) in [6.45, 7) is 9.69. The standard InChI is InChI=1S/C17H28BrNO/c1-13(2)19-12-14(10-11-17(3,4)20-5)15-8-6-7-9-16(15)18/h6-9,13-14,19H,10-12H2,1-5H3. The number of methoxy groups -OCH3 is 1. The lowest BCUT2D eigenvalue weighted by atomic mass is 9.89. The number of benzene rings is 1. The average molecular weight is 342 g/mol. The van der Waals surface area contributed by atoms with E-state index in [4.69, 9.17) is 4.74 Å². The van der Waals surface area contributed by atoms with E-state index in [1.165, 1.54) is 10.0 Å². The molecule has 1 N–H and O–H groups in total. The molecule has 2 nitrogen and oxygen atoms in total. The van der Waals surface area contributed by atoms with E-state index in [0.29, 0.717) is 12.0 Å². The van der Waals surface area contributed by atoms with Crippen molar-refractivity contribution in [3.05, 3.63) is 34.3 Å². The van der Waals surface area contributed by atoms with Gasteiger partial charge in [-0.1, -0.05) is 48.0 Å². The van der Waals surface area contributed by atoms with Crippen LogP contribution in [0.25, 0.3) is 0 Å². The third-order valence-electron chi connectivity index (χ3n) is 3.76. The minimum atomic E-state index is -0.0582. The molecule has 0 aliphatic carbocycles. The largest absolute Gasteiger partial charge is 0.379 e. The molecule has 0 saturated heterocycles. The third-order valence-corrected chi connectivity index (χ3v) is 4.49. The molecule has 0 heterocycles. The summed E-state index contributed by atoms with van der Waals surface area (Å²) >= 11 is 3.68. The normalized spacial score (nSPS) is 13.8. The van der Waals surface area contributed by atoms with E-state index in [9.17, 15) is 0 Å². The Morgan fingerprint density at radius 1 is 1.25 bits per heavy atom. The van der Waals surface area contributed by atoms with Crippen molar-refractivity contribution in [2.45, 2.75) is 58.1 Å². The zero-order valence-corrected chi connectivity index (χ0v) is 15.0. The van der Waals surface area contributed by atoms with Gasteiger partial charge in [0.1, 0.15) is 0 Å². The fraction of sp³-hybridized carbons (Fsp3) is 0.647. The van der Waals surface area contributed by atoms with Crippen LogP contribution in [0.3, 0.4) is 0 Å². The SMILES string of the molecule is COC(C)(C)CCC(CNC(C)C)c1ccccc1Br. The van der Waals surface area contributed by atoms with Gasteiger partial charge in [0, 0.05) is 24.2 Å². The van der Waals surface area contributed by atoms with Crippen molar-refractivity contribution in [2.24, 2.45) is 0 Å². The number of rotatable bonds is 8. The molecule has 0 aliphatic heterocycles. The van der Waals surface area contributed by atoms with Crippen LogP contribution in [-0.4, -0.2) is 25.3 Å². The van der Waals surface area contributed by atoms with Gasteiger partial charge in [-0.3, -0.25) is 0 Å². The highest BCUT2D eigenvalue weighted by Gasteiger charge is 2.21. The molecule has 1 unspecified atom stereocenters. The number of hydrogen-bond acceptors (Lipinski definition) is 2. The summed E-state index contributed by atoms with van der Waals surface area (Å²) in [6, 6.07) is 9.04. The lowest BCUT2D eigenvalue weighted by Crippen LogP contribution is -2.30. The average Bonchev–Trinajstić information content (AvgIpc) is 2.40. The summed E-state index contributed by atoms with van der Waals surface area (Å²) in [5.74, 6) is 0.502. The summed E-state index contributed by atoms with van der Waals surface area (Å²) in [4.78, 5) is 0. The summed E-state index contributed by atoms with van der Waals surface area (Å²) in [5.41, 5.74) is 1.32. The van der Waals surface area contributed by atoms with Gasteiger partial charge in [-0.05, 0) is 44.2 Å². The van der Waals surface area contributed by atoms with E-state index < -0.39 is 0 Å². The molecule has 0 bridgehead atoms. The third kappa shape index (κ3) is 5.94. The van der Waals surface area contributed by atoms with Crippen molar-refractivity contribution in [3.8, 4) is 0 Å². The number of halogens is 1. The summed E-state index contributed by atoms with van der Waals surface area (Å²) < 4.78 is 6.75. The maximum absolute atomic E-state index is 5.55.